The van der Waals surface area contributed by atoms with Crippen molar-refractivity contribution in [1.29, 1.82) is 5.26 Å². The maximum absolute atomic E-state index is 12.4. The number of nitrogens with zero attached hydrogens (tertiary/aromatic N) is 1. The van der Waals surface area contributed by atoms with E-state index in [1.807, 2.05) is 26.0 Å². The molecule has 31 heavy (non-hydrogen) atoms. The molecule has 0 radical (unpaired) electrons. The molecule has 0 fully saturated rings. The van der Waals surface area contributed by atoms with Crippen LogP contribution in [-0.2, 0) is 4.79 Å². The standard InChI is InChI=1S/C24H20N2O5/c1-3-15(2)26-22(27)20-12-17-9-10-19(13-21(17)31-24(20)29)30-23(28)18(14-25)11-16-7-5-4-6-8-16/h4-13,15H,3H2,1-2H3,(H,26,27)/b18-11+. The van der Waals surface area contributed by atoms with Gasteiger partial charge in [0.1, 0.15) is 28.5 Å². The van der Waals surface area contributed by atoms with Crippen LogP contribution in [0.25, 0.3) is 17.0 Å². The highest BCUT2D eigenvalue weighted by Crippen LogP contribution is 2.22. The van der Waals surface area contributed by atoms with Gasteiger partial charge in [-0.1, -0.05) is 37.3 Å². The Morgan fingerprint density at radius 2 is 1.94 bits per heavy atom. The summed E-state index contributed by atoms with van der Waals surface area (Å²) in [6, 6.07) is 16.5. The van der Waals surface area contributed by atoms with E-state index in [0.29, 0.717) is 10.9 Å². The van der Waals surface area contributed by atoms with Crippen LogP contribution >= 0.6 is 0 Å². The van der Waals surface area contributed by atoms with Crippen molar-refractivity contribution in [1.82, 2.24) is 5.32 Å². The monoisotopic (exact) mass is 416 g/mol. The van der Waals surface area contributed by atoms with E-state index in [-0.39, 0.29) is 28.5 Å². The van der Waals surface area contributed by atoms with Crippen molar-refractivity contribution >= 4 is 28.9 Å². The van der Waals surface area contributed by atoms with E-state index in [0.717, 1.165) is 6.42 Å². The van der Waals surface area contributed by atoms with Crippen molar-refractivity contribution in [2.75, 3.05) is 0 Å². The number of amides is 1. The van der Waals surface area contributed by atoms with E-state index in [4.69, 9.17) is 9.15 Å². The number of carbonyl (C=O) groups is 2. The van der Waals surface area contributed by atoms with Gasteiger partial charge >= 0.3 is 11.6 Å². The van der Waals surface area contributed by atoms with Crippen molar-refractivity contribution < 1.29 is 18.7 Å². The first-order valence-corrected chi connectivity index (χ1v) is 9.69. The van der Waals surface area contributed by atoms with E-state index in [1.54, 1.807) is 30.3 Å². The molecule has 1 amide bonds. The average Bonchev–Trinajstić information content (AvgIpc) is 2.77. The van der Waals surface area contributed by atoms with Crippen LogP contribution in [0.4, 0.5) is 0 Å². The molecule has 1 atom stereocenters. The number of rotatable bonds is 6. The molecule has 0 aliphatic rings. The van der Waals surface area contributed by atoms with Crippen molar-refractivity contribution in [3.63, 3.8) is 0 Å². The smallest absolute Gasteiger partial charge is 0.354 e. The molecule has 7 heteroatoms. The molecule has 0 saturated heterocycles. The molecule has 0 spiro atoms. The van der Waals surface area contributed by atoms with Gasteiger partial charge in [-0.05, 0) is 43.2 Å². The van der Waals surface area contributed by atoms with Gasteiger partial charge in [0, 0.05) is 17.5 Å². The van der Waals surface area contributed by atoms with E-state index in [9.17, 15) is 19.6 Å². The van der Waals surface area contributed by atoms with Crippen LogP contribution in [-0.4, -0.2) is 17.9 Å². The van der Waals surface area contributed by atoms with Gasteiger partial charge in [0.05, 0.1) is 0 Å². The predicted molar refractivity (Wildman–Crippen MR) is 115 cm³/mol. The largest absolute Gasteiger partial charge is 0.422 e. The second-order valence-electron chi connectivity index (χ2n) is 6.90. The molecule has 1 aromatic heterocycles. The lowest BCUT2D eigenvalue weighted by Gasteiger charge is -2.11. The Morgan fingerprint density at radius 1 is 1.19 bits per heavy atom. The first-order chi connectivity index (χ1) is 14.9. The van der Waals surface area contributed by atoms with Crippen molar-refractivity contribution in [3.05, 3.63) is 81.7 Å². The summed E-state index contributed by atoms with van der Waals surface area (Å²) in [6.07, 6.45) is 2.15. The molecular weight excluding hydrogens is 396 g/mol. The summed E-state index contributed by atoms with van der Waals surface area (Å²) in [5, 5.41) is 12.5. The SMILES string of the molecule is CCC(C)NC(=O)c1cc2ccc(OC(=O)/C(C#N)=C/c3ccccc3)cc2oc1=O. The maximum Gasteiger partial charge on any atom is 0.354 e. The number of carbonyl (C=O) groups excluding carboxylic acids is 2. The molecular formula is C24H20N2O5. The summed E-state index contributed by atoms with van der Waals surface area (Å²) >= 11 is 0. The minimum atomic E-state index is -0.836. The molecule has 0 saturated carbocycles. The zero-order valence-electron chi connectivity index (χ0n) is 17.0. The third kappa shape index (κ3) is 5.25. The zero-order chi connectivity index (χ0) is 22.4. The molecule has 1 N–H and O–H groups in total. The Kier molecular flexibility index (Phi) is 6.63. The van der Waals surface area contributed by atoms with Crippen LogP contribution in [0, 0.1) is 11.3 Å². The molecule has 0 aliphatic heterocycles. The Hall–Kier alpha value is -4.18. The number of hydrogen-bond donors (Lipinski definition) is 1. The van der Waals surface area contributed by atoms with Gasteiger partial charge in [-0.15, -0.1) is 0 Å². The average molecular weight is 416 g/mol. The highest BCUT2D eigenvalue weighted by atomic mass is 16.5. The molecule has 1 unspecified atom stereocenters. The van der Waals surface area contributed by atoms with Crippen LogP contribution in [0.2, 0.25) is 0 Å². The van der Waals surface area contributed by atoms with Crippen LogP contribution in [0.1, 0.15) is 36.2 Å². The lowest BCUT2D eigenvalue weighted by molar-refractivity contribution is -0.129. The molecule has 3 rings (SSSR count). The number of esters is 1. The highest BCUT2D eigenvalue weighted by Gasteiger charge is 2.17. The third-order valence-electron chi connectivity index (χ3n) is 4.60. The second-order valence-corrected chi connectivity index (χ2v) is 6.90. The fourth-order valence-electron chi connectivity index (χ4n) is 2.73. The predicted octanol–water partition coefficient (Wildman–Crippen LogP) is 3.83. The van der Waals surface area contributed by atoms with Crippen LogP contribution < -0.4 is 15.7 Å². The lowest BCUT2D eigenvalue weighted by atomic mass is 10.1. The molecule has 2 aromatic carbocycles. The van der Waals surface area contributed by atoms with Gasteiger partial charge < -0.3 is 14.5 Å². The normalized spacial score (nSPS) is 12.1. The number of fused-ring (bicyclic) bond motifs is 1. The molecule has 7 nitrogen and oxygen atoms in total. The van der Waals surface area contributed by atoms with Crippen molar-refractivity contribution in [2.24, 2.45) is 0 Å². The fraction of sp³-hybridized carbons (Fsp3) is 0.167. The molecule has 1 heterocycles. The minimum Gasteiger partial charge on any atom is -0.422 e. The third-order valence-corrected chi connectivity index (χ3v) is 4.60. The molecule has 0 aliphatic carbocycles. The number of nitrogens with one attached hydrogen (secondary N) is 1. The van der Waals surface area contributed by atoms with Gasteiger partial charge in [0.25, 0.3) is 5.91 Å². The summed E-state index contributed by atoms with van der Waals surface area (Å²) < 4.78 is 10.5. The van der Waals surface area contributed by atoms with E-state index in [2.05, 4.69) is 5.32 Å². The van der Waals surface area contributed by atoms with E-state index < -0.39 is 17.5 Å². The van der Waals surface area contributed by atoms with Gasteiger partial charge in [-0.25, -0.2) is 9.59 Å². The summed E-state index contributed by atoms with van der Waals surface area (Å²) in [4.78, 5) is 36.9. The van der Waals surface area contributed by atoms with Gasteiger partial charge in [-0.2, -0.15) is 5.26 Å². The molecule has 0 bridgehead atoms. The Balaban J connectivity index is 1.84. The van der Waals surface area contributed by atoms with Crippen LogP contribution in [0.3, 0.4) is 0 Å². The number of benzene rings is 2. The van der Waals surface area contributed by atoms with Crippen LogP contribution in [0.5, 0.6) is 5.75 Å². The Bertz CT molecular complexity index is 1250. The summed E-state index contributed by atoms with van der Waals surface area (Å²) in [6.45, 7) is 3.76. The van der Waals surface area contributed by atoms with E-state index >= 15 is 0 Å². The number of hydrogen-bond acceptors (Lipinski definition) is 6. The minimum absolute atomic E-state index is 0.0809. The number of ether oxygens (including phenoxy) is 1. The lowest BCUT2D eigenvalue weighted by Crippen LogP contribution is -2.34. The maximum atomic E-state index is 12.4. The van der Waals surface area contributed by atoms with Crippen molar-refractivity contribution in [2.45, 2.75) is 26.3 Å². The summed E-state index contributed by atoms with van der Waals surface area (Å²) in [5.74, 6) is -1.24. The first kappa shape index (κ1) is 21.5. The van der Waals surface area contributed by atoms with Crippen LogP contribution in [0.15, 0.2) is 69.4 Å². The van der Waals surface area contributed by atoms with Gasteiger partial charge in [0.2, 0.25) is 0 Å². The Labute approximate surface area is 178 Å². The topological polar surface area (TPSA) is 109 Å². The van der Waals surface area contributed by atoms with E-state index in [1.165, 1.54) is 24.3 Å². The summed E-state index contributed by atoms with van der Waals surface area (Å²) in [7, 11) is 0. The van der Waals surface area contributed by atoms with Crippen molar-refractivity contribution in [3.8, 4) is 11.8 Å². The zero-order valence-corrected chi connectivity index (χ0v) is 17.0. The quantitative estimate of drug-likeness (QED) is 0.215. The fourth-order valence-corrected chi connectivity index (χ4v) is 2.73. The first-order valence-electron chi connectivity index (χ1n) is 9.69. The Morgan fingerprint density at radius 3 is 2.61 bits per heavy atom. The number of nitriles is 1. The second kappa shape index (κ2) is 9.55. The highest BCUT2D eigenvalue weighted by molar-refractivity contribution is 5.99. The molecule has 156 valence electrons. The van der Waals surface area contributed by atoms with Gasteiger partial charge in [0.15, 0.2) is 0 Å². The summed E-state index contributed by atoms with van der Waals surface area (Å²) in [5.41, 5.74) is -0.233. The van der Waals surface area contributed by atoms with Gasteiger partial charge in [-0.3, -0.25) is 4.79 Å². The molecule has 3 aromatic rings.